The standard InChI is InChI=1S/C15H24O2/c1-3-11(2)15(16)17-14-9-8-12-6-4-5-7-13(12)10-14/h3,12-14H,4-10H2,1-2H3. The van der Waals surface area contributed by atoms with Crippen LogP contribution in [-0.4, -0.2) is 12.1 Å². The third-order valence-corrected chi connectivity index (χ3v) is 4.52. The molecule has 3 atom stereocenters. The molecule has 3 unspecified atom stereocenters. The van der Waals surface area contributed by atoms with Crippen LogP contribution in [-0.2, 0) is 9.53 Å². The Bertz CT molecular complexity index is 306. The molecule has 0 N–H and O–H groups in total. The summed E-state index contributed by atoms with van der Waals surface area (Å²) in [7, 11) is 0. The van der Waals surface area contributed by atoms with E-state index in [9.17, 15) is 4.79 Å². The first-order chi connectivity index (χ1) is 8.20. The first-order valence-electron chi connectivity index (χ1n) is 7.04. The third-order valence-electron chi connectivity index (χ3n) is 4.52. The maximum atomic E-state index is 11.7. The van der Waals surface area contributed by atoms with Crippen LogP contribution in [0.3, 0.4) is 0 Å². The van der Waals surface area contributed by atoms with Gasteiger partial charge in [-0.1, -0.05) is 31.8 Å². The van der Waals surface area contributed by atoms with Gasteiger partial charge in [0, 0.05) is 5.57 Å². The zero-order valence-corrected chi connectivity index (χ0v) is 11.1. The summed E-state index contributed by atoms with van der Waals surface area (Å²) in [6.07, 6.45) is 11.0. The number of ether oxygens (including phenoxy) is 1. The van der Waals surface area contributed by atoms with E-state index in [1.165, 1.54) is 32.1 Å². The predicted octanol–water partition coefficient (Wildman–Crippen LogP) is 3.85. The average molecular weight is 236 g/mol. The molecule has 96 valence electrons. The molecular weight excluding hydrogens is 212 g/mol. The fourth-order valence-corrected chi connectivity index (χ4v) is 3.30. The minimum atomic E-state index is -0.119. The van der Waals surface area contributed by atoms with Crippen LogP contribution in [0.2, 0.25) is 0 Å². The topological polar surface area (TPSA) is 26.3 Å². The molecule has 2 fully saturated rings. The average Bonchev–Trinajstić information content (AvgIpc) is 2.37. The highest BCUT2D eigenvalue weighted by atomic mass is 16.5. The van der Waals surface area contributed by atoms with E-state index in [-0.39, 0.29) is 12.1 Å². The molecule has 17 heavy (non-hydrogen) atoms. The van der Waals surface area contributed by atoms with Crippen LogP contribution in [0.4, 0.5) is 0 Å². The monoisotopic (exact) mass is 236 g/mol. The van der Waals surface area contributed by atoms with Crippen LogP contribution in [0.1, 0.15) is 58.8 Å². The van der Waals surface area contributed by atoms with Gasteiger partial charge in [-0.05, 0) is 44.9 Å². The molecule has 0 aromatic heterocycles. The molecule has 0 bridgehead atoms. The normalized spacial score (nSPS) is 34.0. The highest BCUT2D eigenvalue weighted by molar-refractivity contribution is 5.87. The molecule has 0 aromatic rings. The Morgan fingerprint density at radius 3 is 2.53 bits per heavy atom. The minimum Gasteiger partial charge on any atom is -0.459 e. The molecule has 0 radical (unpaired) electrons. The smallest absolute Gasteiger partial charge is 0.333 e. The van der Waals surface area contributed by atoms with Gasteiger partial charge in [-0.3, -0.25) is 0 Å². The molecule has 2 aliphatic carbocycles. The molecule has 0 aromatic carbocycles. The van der Waals surface area contributed by atoms with E-state index in [0.29, 0.717) is 0 Å². The van der Waals surface area contributed by atoms with E-state index in [1.807, 2.05) is 19.9 Å². The zero-order valence-electron chi connectivity index (χ0n) is 11.1. The van der Waals surface area contributed by atoms with Crippen LogP contribution in [0.15, 0.2) is 11.6 Å². The van der Waals surface area contributed by atoms with E-state index < -0.39 is 0 Å². The van der Waals surface area contributed by atoms with Gasteiger partial charge in [0.25, 0.3) is 0 Å². The number of hydrogen-bond donors (Lipinski definition) is 0. The molecular formula is C15H24O2. The van der Waals surface area contributed by atoms with Crippen molar-refractivity contribution in [1.29, 1.82) is 0 Å². The molecule has 0 saturated heterocycles. The summed E-state index contributed by atoms with van der Waals surface area (Å²) >= 11 is 0. The lowest BCUT2D eigenvalue weighted by Crippen LogP contribution is -2.33. The van der Waals surface area contributed by atoms with Crippen LogP contribution in [0, 0.1) is 11.8 Å². The van der Waals surface area contributed by atoms with Gasteiger partial charge < -0.3 is 4.74 Å². The Hall–Kier alpha value is -0.790. The fourth-order valence-electron chi connectivity index (χ4n) is 3.30. The summed E-state index contributed by atoms with van der Waals surface area (Å²) in [5.74, 6) is 1.62. The van der Waals surface area contributed by atoms with Crippen molar-refractivity contribution in [1.82, 2.24) is 0 Å². The van der Waals surface area contributed by atoms with Gasteiger partial charge in [-0.15, -0.1) is 0 Å². The van der Waals surface area contributed by atoms with E-state index in [1.54, 1.807) is 0 Å². The van der Waals surface area contributed by atoms with Crippen molar-refractivity contribution in [3.05, 3.63) is 11.6 Å². The molecule has 0 amide bonds. The van der Waals surface area contributed by atoms with Gasteiger partial charge in [0.05, 0.1) is 0 Å². The van der Waals surface area contributed by atoms with Gasteiger partial charge in [0.15, 0.2) is 0 Å². The van der Waals surface area contributed by atoms with Crippen molar-refractivity contribution in [3.63, 3.8) is 0 Å². The first-order valence-corrected chi connectivity index (χ1v) is 7.04. The summed E-state index contributed by atoms with van der Waals surface area (Å²) < 4.78 is 5.59. The van der Waals surface area contributed by atoms with E-state index in [0.717, 1.165) is 30.3 Å². The Kier molecular flexibility index (Phi) is 4.25. The van der Waals surface area contributed by atoms with Crippen LogP contribution in [0.5, 0.6) is 0 Å². The molecule has 2 heteroatoms. The zero-order chi connectivity index (χ0) is 12.3. The van der Waals surface area contributed by atoms with Gasteiger partial charge in [-0.25, -0.2) is 4.79 Å². The second-order valence-corrected chi connectivity index (χ2v) is 5.62. The van der Waals surface area contributed by atoms with Gasteiger partial charge in [-0.2, -0.15) is 0 Å². The molecule has 0 aliphatic heterocycles. The fraction of sp³-hybridized carbons (Fsp3) is 0.800. The first kappa shape index (κ1) is 12.7. The second kappa shape index (κ2) is 5.70. The molecule has 2 aliphatic rings. The largest absolute Gasteiger partial charge is 0.459 e. The van der Waals surface area contributed by atoms with Crippen LogP contribution in [0.25, 0.3) is 0 Å². The minimum absolute atomic E-state index is 0.119. The van der Waals surface area contributed by atoms with Gasteiger partial charge in [0.1, 0.15) is 6.10 Å². The number of carbonyl (C=O) groups excluding carboxylic acids is 1. The lowest BCUT2D eigenvalue weighted by atomic mass is 9.70. The van der Waals surface area contributed by atoms with E-state index >= 15 is 0 Å². The van der Waals surface area contributed by atoms with Crippen molar-refractivity contribution in [2.24, 2.45) is 11.8 Å². The Labute approximate surface area is 104 Å². The number of allylic oxidation sites excluding steroid dienone is 1. The second-order valence-electron chi connectivity index (χ2n) is 5.62. The number of carbonyl (C=O) groups is 1. The molecule has 2 nitrogen and oxygen atoms in total. The maximum absolute atomic E-state index is 11.7. The summed E-state index contributed by atoms with van der Waals surface area (Å²) in [5, 5.41) is 0. The van der Waals surface area contributed by atoms with Gasteiger partial charge in [0.2, 0.25) is 0 Å². The Morgan fingerprint density at radius 1 is 1.12 bits per heavy atom. The lowest BCUT2D eigenvalue weighted by Gasteiger charge is -2.38. The SMILES string of the molecule is CC=C(C)C(=O)OC1CCC2CCCCC2C1. The molecule has 2 rings (SSSR count). The molecule has 2 saturated carbocycles. The highest BCUT2D eigenvalue weighted by Crippen LogP contribution is 2.41. The maximum Gasteiger partial charge on any atom is 0.333 e. The summed E-state index contributed by atoms with van der Waals surface area (Å²) in [4.78, 5) is 11.7. The Morgan fingerprint density at radius 2 is 1.82 bits per heavy atom. The summed E-state index contributed by atoms with van der Waals surface area (Å²) in [6, 6.07) is 0. The molecule has 0 heterocycles. The van der Waals surface area contributed by atoms with E-state index in [4.69, 9.17) is 4.74 Å². The van der Waals surface area contributed by atoms with Crippen LogP contribution >= 0.6 is 0 Å². The number of rotatable bonds is 2. The molecule has 0 spiro atoms. The number of fused-ring (bicyclic) bond motifs is 1. The van der Waals surface area contributed by atoms with Crippen LogP contribution < -0.4 is 0 Å². The van der Waals surface area contributed by atoms with Crippen molar-refractivity contribution in [2.45, 2.75) is 64.9 Å². The van der Waals surface area contributed by atoms with Crippen molar-refractivity contribution >= 4 is 5.97 Å². The summed E-state index contributed by atoms with van der Waals surface area (Å²) in [6.45, 7) is 3.71. The summed E-state index contributed by atoms with van der Waals surface area (Å²) in [5.41, 5.74) is 0.732. The van der Waals surface area contributed by atoms with E-state index in [2.05, 4.69) is 0 Å². The number of hydrogen-bond acceptors (Lipinski definition) is 2. The quantitative estimate of drug-likeness (QED) is 0.537. The Balaban J connectivity index is 1.85. The third kappa shape index (κ3) is 3.11. The van der Waals surface area contributed by atoms with Crippen molar-refractivity contribution in [3.8, 4) is 0 Å². The predicted molar refractivity (Wildman–Crippen MR) is 68.6 cm³/mol. The lowest BCUT2D eigenvalue weighted by molar-refractivity contribution is -0.147. The van der Waals surface area contributed by atoms with Crippen molar-refractivity contribution in [2.75, 3.05) is 0 Å². The van der Waals surface area contributed by atoms with Gasteiger partial charge >= 0.3 is 5.97 Å². The highest BCUT2D eigenvalue weighted by Gasteiger charge is 2.33. The number of esters is 1. The van der Waals surface area contributed by atoms with Crippen molar-refractivity contribution < 1.29 is 9.53 Å².